The highest BCUT2D eigenvalue weighted by molar-refractivity contribution is 7.89. The minimum absolute atomic E-state index is 0.0532. The topological polar surface area (TPSA) is 81.4 Å². The second-order valence-corrected chi connectivity index (χ2v) is 9.58. The van der Waals surface area contributed by atoms with Crippen molar-refractivity contribution in [2.24, 2.45) is 14.1 Å². The third-order valence-corrected chi connectivity index (χ3v) is 7.25. The third-order valence-electron chi connectivity index (χ3n) is 5.53. The molecule has 1 heterocycles. The van der Waals surface area contributed by atoms with Gasteiger partial charge in [-0.3, -0.25) is 13.9 Å². The van der Waals surface area contributed by atoms with E-state index in [1.54, 1.807) is 68.7 Å². The molecule has 0 saturated heterocycles. The Morgan fingerprint density at radius 3 is 2.16 bits per heavy atom. The lowest BCUT2D eigenvalue weighted by molar-refractivity contribution is 0.0855. The van der Waals surface area contributed by atoms with Gasteiger partial charge in [0, 0.05) is 19.7 Å². The zero-order valence-corrected chi connectivity index (χ0v) is 18.8. The van der Waals surface area contributed by atoms with Crippen molar-refractivity contribution in [3.8, 4) is 0 Å². The van der Waals surface area contributed by atoms with E-state index < -0.39 is 15.9 Å². The maximum Gasteiger partial charge on any atom is 0.328 e. The van der Waals surface area contributed by atoms with Crippen LogP contribution in [-0.2, 0) is 30.7 Å². The van der Waals surface area contributed by atoms with Gasteiger partial charge in [0.05, 0.1) is 22.5 Å². The van der Waals surface area contributed by atoms with Crippen LogP contribution in [0.15, 0.2) is 82.5 Å². The molecule has 0 bridgehead atoms. The van der Waals surface area contributed by atoms with Crippen LogP contribution in [0, 0.1) is 6.92 Å². The molecule has 32 heavy (non-hydrogen) atoms. The van der Waals surface area contributed by atoms with Gasteiger partial charge in [0.2, 0.25) is 0 Å². The Hall–Kier alpha value is -3.65. The number of carbonyl (C=O) groups excluding carboxylic acids is 1. The smallest absolute Gasteiger partial charge is 0.295 e. The summed E-state index contributed by atoms with van der Waals surface area (Å²) in [4.78, 5) is 25.6. The van der Waals surface area contributed by atoms with Crippen LogP contribution in [0.25, 0.3) is 11.0 Å². The molecule has 4 aromatic rings. The summed E-state index contributed by atoms with van der Waals surface area (Å²) in [5.74, 6) is -0.615. The Balaban J connectivity index is 1.84. The number of amides is 1. The molecule has 0 unspecified atom stereocenters. The molecule has 0 radical (unpaired) electrons. The van der Waals surface area contributed by atoms with Gasteiger partial charge < -0.3 is 0 Å². The first kappa shape index (κ1) is 21.6. The fourth-order valence-electron chi connectivity index (χ4n) is 3.63. The quantitative estimate of drug-likeness (QED) is 0.469. The van der Waals surface area contributed by atoms with E-state index in [9.17, 15) is 18.0 Å². The van der Waals surface area contributed by atoms with Crippen molar-refractivity contribution >= 4 is 27.0 Å². The standard InChI is InChI=1S/C24H23N3O4S/c1-17-9-11-19(12-10-17)23(28)27(16-18-7-5-4-6-8-18)32(30,31)20-13-14-21-22(15-20)26(3)24(29)25(21)2/h4-15H,16H2,1-3H3. The number of fused-ring (bicyclic) bond motifs is 1. The first-order chi connectivity index (χ1) is 15.2. The van der Waals surface area contributed by atoms with Crippen molar-refractivity contribution < 1.29 is 13.2 Å². The second-order valence-electron chi connectivity index (χ2n) is 7.72. The molecule has 0 saturated carbocycles. The van der Waals surface area contributed by atoms with Gasteiger partial charge in [-0.1, -0.05) is 48.0 Å². The van der Waals surface area contributed by atoms with E-state index in [0.717, 1.165) is 9.87 Å². The van der Waals surface area contributed by atoms with Crippen LogP contribution in [0.4, 0.5) is 0 Å². The molecule has 0 aliphatic heterocycles. The van der Waals surface area contributed by atoms with Gasteiger partial charge in [-0.25, -0.2) is 17.5 Å². The first-order valence-electron chi connectivity index (χ1n) is 10.0. The highest BCUT2D eigenvalue weighted by Crippen LogP contribution is 2.24. The van der Waals surface area contributed by atoms with Crippen molar-refractivity contribution in [1.29, 1.82) is 0 Å². The predicted molar refractivity (Wildman–Crippen MR) is 123 cm³/mol. The summed E-state index contributed by atoms with van der Waals surface area (Å²) in [6, 6.07) is 20.2. The maximum atomic E-state index is 13.7. The Kier molecular flexibility index (Phi) is 5.48. The number of aromatic nitrogens is 2. The molecule has 0 fully saturated rings. The van der Waals surface area contributed by atoms with Crippen molar-refractivity contribution in [2.45, 2.75) is 18.4 Å². The Bertz CT molecular complexity index is 1470. The number of imidazole rings is 1. The van der Waals surface area contributed by atoms with Gasteiger partial charge in [-0.15, -0.1) is 0 Å². The van der Waals surface area contributed by atoms with Crippen LogP contribution in [0.2, 0.25) is 0 Å². The number of hydrogen-bond acceptors (Lipinski definition) is 4. The van der Waals surface area contributed by atoms with Gasteiger partial charge in [-0.05, 0) is 42.8 Å². The number of benzene rings is 3. The van der Waals surface area contributed by atoms with E-state index in [1.165, 1.54) is 21.3 Å². The van der Waals surface area contributed by atoms with Crippen LogP contribution >= 0.6 is 0 Å². The summed E-state index contributed by atoms with van der Waals surface area (Å²) < 4.78 is 31.1. The van der Waals surface area contributed by atoms with E-state index in [1.807, 2.05) is 13.0 Å². The normalized spacial score (nSPS) is 11.6. The highest BCUT2D eigenvalue weighted by Gasteiger charge is 2.31. The van der Waals surface area contributed by atoms with E-state index >= 15 is 0 Å². The molecule has 7 nitrogen and oxygen atoms in total. The Morgan fingerprint density at radius 2 is 1.50 bits per heavy atom. The fourth-order valence-corrected chi connectivity index (χ4v) is 5.03. The minimum Gasteiger partial charge on any atom is -0.295 e. The molecule has 0 N–H and O–H groups in total. The fraction of sp³-hybridized carbons (Fsp3) is 0.167. The van der Waals surface area contributed by atoms with Gasteiger partial charge in [0.1, 0.15) is 0 Å². The summed E-state index contributed by atoms with van der Waals surface area (Å²) in [5, 5.41) is 0. The molecule has 8 heteroatoms. The molecule has 0 spiro atoms. The van der Waals surface area contributed by atoms with Crippen LogP contribution in [-0.4, -0.2) is 27.8 Å². The molecule has 4 rings (SSSR count). The number of carbonyl (C=O) groups is 1. The second kappa shape index (κ2) is 8.12. The number of hydrogen-bond donors (Lipinski definition) is 0. The Morgan fingerprint density at radius 1 is 0.875 bits per heavy atom. The zero-order valence-electron chi connectivity index (χ0n) is 18.0. The van der Waals surface area contributed by atoms with Crippen LogP contribution in [0.1, 0.15) is 21.5 Å². The summed E-state index contributed by atoms with van der Waals surface area (Å²) in [6.07, 6.45) is 0. The summed E-state index contributed by atoms with van der Waals surface area (Å²) >= 11 is 0. The SMILES string of the molecule is Cc1ccc(C(=O)N(Cc2ccccc2)S(=O)(=O)c2ccc3c(c2)n(C)c(=O)n3C)cc1. The third kappa shape index (κ3) is 3.73. The molecule has 164 valence electrons. The molecule has 1 aromatic heterocycles. The van der Waals surface area contributed by atoms with Crippen LogP contribution < -0.4 is 5.69 Å². The molecular formula is C24H23N3O4S. The first-order valence-corrected chi connectivity index (χ1v) is 11.5. The van der Waals surface area contributed by atoms with E-state index in [2.05, 4.69) is 0 Å². The van der Waals surface area contributed by atoms with E-state index in [-0.39, 0.29) is 22.7 Å². The van der Waals surface area contributed by atoms with Gasteiger partial charge in [0.15, 0.2) is 0 Å². The van der Waals surface area contributed by atoms with Gasteiger partial charge >= 0.3 is 5.69 Å². The number of rotatable bonds is 5. The maximum absolute atomic E-state index is 13.7. The largest absolute Gasteiger partial charge is 0.328 e. The van der Waals surface area contributed by atoms with Crippen LogP contribution in [0.3, 0.4) is 0 Å². The average molecular weight is 450 g/mol. The summed E-state index contributed by atoms with van der Waals surface area (Å²) in [7, 11) is -0.999. The minimum atomic E-state index is -4.21. The number of nitrogens with zero attached hydrogens (tertiary/aromatic N) is 3. The predicted octanol–water partition coefficient (Wildman–Crippen LogP) is 3.22. The zero-order chi connectivity index (χ0) is 23.0. The molecule has 0 aliphatic rings. The summed E-state index contributed by atoms with van der Waals surface area (Å²) in [5.41, 5.74) is 2.76. The summed E-state index contributed by atoms with van der Waals surface area (Å²) in [6.45, 7) is 1.79. The Labute approximate surface area is 186 Å². The lowest BCUT2D eigenvalue weighted by Crippen LogP contribution is -2.36. The monoisotopic (exact) mass is 449 g/mol. The highest BCUT2D eigenvalue weighted by atomic mass is 32.2. The van der Waals surface area contributed by atoms with Crippen molar-refractivity contribution in [3.63, 3.8) is 0 Å². The van der Waals surface area contributed by atoms with Crippen molar-refractivity contribution in [1.82, 2.24) is 13.4 Å². The molecule has 3 aromatic carbocycles. The van der Waals surface area contributed by atoms with Crippen LogP contribution in [0.5, 0.6) is 0 Å². The lowest BCUT2D eigenvalue weighted by atomic mass is 10.1. The van der Waals surface area contributed by atoms with Gasteiger partial charge in [-0.2, -0.15) is 0 Å². The van der Waals surface area contributed by atoms with Gasteiger partial charge in [0.25, 0.3) is 15.9 Å². The molecular weight excluding hydrogens is 426 g/mol. The average Bonchev–Trinajstić information content (AvgIpc) is 3.01. The molecule has 0 aliphatic carbocycles. The van der Waals surface area contributed by atoms with Crippen molar-refractivity contribution in [3.05, 3.63) is 100.0 Å². The molecule has 1 amide bonds. The number of sulfonamides is 1. The van der Waals surface area contributed by atoms with Crippen molar-refractivity contribution in [2.75, 3.05) is 0 Å². The number of aryl methyl sites for hydroxylation is 3. The van der Waals surface area contributed by atoms with E-state index in [4.69, 9.17) is 0 Å². The lowest BCUT2D eigenvalue weighted by Gasteiger charge is -2.23. The molecule has 0 atom stereocenters. The van der Waals surface area contributed by atoms with E-state index in [0.29, 0.717) is 16.6 Å².